The number of amides is 1. The molecule has 2 aliphatic rings. The summed E-state index contributed by atoms with van der Waals surface area (Å²) in [6, 6.07) is 6.35. The van der Waals surface area contributed by atoms with Crippen molar-refractivity contribution >= 4 is 27.1 Å². The first-order valence-corrected chi connectivity index (χ1v) is 13.1. The summed E-state index contributed by atoms with van der Waals surface area (Å²) in [5, 5.41) is 13.6. The number of benzene rings is 1. The largest absolute Gasteiger partial charge is 0.383 e. The molecule has 1 saturated heterocycles. The van der Waals surface area contributed by atoms with E-state index in [1.807, 2.05) is 6.08 Å². The van der Waals surface area contributed by atoms with Gasteiger partial charge >= 0.3 is 0 Å². The predicted molar refractivity (Wildman–Crippen MR) is 124 cm³/mol. The quantitative estimate of drug-likeness (QED) is 0.622. The van der Waals surface area contributed by atoms with Crippen LogP contribution in [0, 0.1) is 5.92 Å². The van der Waals surface area contributed by atoms with Crippen molar-refractivity contribution in [3.05, 3.63) is 54.0 Å². The van der Waals surface area contributed by atoms with Crippen molar-refractivity contribution in [2.75, 3.05) is 24.8 Å². The van der Waals surface area contributed by atoms with Crippen molar-refractivity contribution in [3.8, 4) is 0 Å². The molecule has 9 heteroatoms. The SMILES string of the molecule is CS(=O)(=O)c1ccc(/C(=C\C2CCCC2)C(=O)Nc2cnc(C3(O)CCOCC3)cn2)cc1. The zero-order chi connectivity index (χ0) is 23.5. The number of nitrogens with one attached hydrogen (secondary N) is 1. The Morgan fingerprint density at radius 3 is 2.36 bits per heavy atom. The van der Waals surface area contributed by atoms with Crippen molar-refractivity contribution < 1.29 is 23.1 Å². The number of aliphatic hydroxyl groups is 1. The average molecular weight is 472 g/mol. The van der Waals surface area contributed by atoms with Crippen LogP contribution in [0.4, 0.5) is 5.82 Å². The number of hydrogen-bond acceptors (Lipinski definition) is 7. The number of anilines is 1. The van der Waals surface area contributed by atoms with Gasteiger partial charge in [0.25, 0.3) is 5.91 Å². The second-order valence-electron chi connectivity index (χ2n) is 8.81. The van der Waals surface area contributed by atoms with Crippen LogP contribution in [-0.4, -0.2) is 48.9 Å². The average Bonchev–Trinajstić information content (AvgIpc) is 3.31. The molecule has 0 radical (unpaired) electrons. The number of carbonyl (C=O) groups excluding carboxylic acids is 1. The summed E-state index contributed by atoms with van der Waals surface area (Å²) in [4.78, 5) is 22.0. The summed E-state index contributed by atoms with van der Waals surface area (Å²) < 4.78 is 28.9. The van der Waals surface area contributed by atoms with Crippen molar-refractivity contribution in [1.29, 1.82) is 0 Å². The first-order chi connectivity index (χ1) is 15.7. The molecule has 0 unspecified atom stereocenters. The van der Waals surface area contributed by atoms with Crippen LogP contribution in [-0.2, 0) is 25.0 Å². The molecule has 1 aliphatic heterocycles. The standard InChI is InChI=1S/C24H29N3O5S/c1-33(30,31)19-8-6-18(7-9-19)20(14-17-4-2-3-5-17)23(28)27-22-16-25-21(15-26-22)24(29)10-12-32-13-11-24/h6-9,14-17,29H,2-5,10-13H2,1H3,(H,26,27,28)/b20-14+. The molecule has 2 aromatic rings. The van der Waals surface area contributed by atoms with Gasteiger partial charge in [0.1, 0.15) is 5.60 Å². The third-order valence-corrected chi connectivity index (χ3v) is 7.46. The van der Waals surface area contributed by atoms with E-state index in [1.54, 1.807) is 12.1 Å². The van der Waals surface area contributed by atoms with Gasteiger partial charge in [-0.15, -0.1) is 0 Å². The predicted octanol–water partition coefficient (Wildman–Crippen LogP) is 3.09. The van der Waals surface area contributed by atoms with Gasteiger partial charge in [-0.25, -0.2) is 13.4 Å². The lowest BCUT2D eigenvalue weighted by molar-refractivity contribution is -0.111. The summed E-state index contributed by atoms with van der Waals surface area (Å²) in [5.41, 5.74) is 0.522. The number of aromatic nitrogens is 2. The second-order valence-corrected chi connectivity index (χ2v) is 10.8. The Hall–Kier alpha value is -2.62. The Morgan fingerprint density at radius 1 is 1.12 bits per heavy atom. The first-order valence-electron chi connectivity index (χ1n) is 11.2. The van der Waals surface area contributed by atoms with Crippen LogP contribution >= 0.6 is 0 Å². The zero-order valence-electron chi connectivity index (χ0n) is 18.7. The van der Waals surface area contributed by atoms with Crippen molar-refractivity contribution in [3.63, 3.8) is 0 Å². The molecule has 176 valence electrons. The third kappa shape index (κ3) is 5.66. The highest BCUT2D eigenvalue weighted by Gasteiger charge is 2.33. The number of carbonyl (C=O) groups is 1. The minimum Gasteiger partial charge on any atom is -0.383 e. The van der Waals surface area contributed by atoms with Gasteiger partial charge in [0.2, 0.25) is 0 Å². The van der Waals surface area contributed by atoms with Crippen LogP contribution in [0.5, 0.6) is 0 Å². The molecule has 4 rings (SSSR count). The van der Waals surface area contributed by atoms with Crippen molar-refractivity contribution in [2.24, 2.45) is 5.92 Å². The number of rotatable bonds is 6. The molecule has 2 heterocycles. The van der Waals surface area contributed by atoms with Gasteiger partial charge in [0.15, 0.2) is 15.7 Å². The van der Waals surface area contributed by atoms with E-state index in [1.165, 1.54) is 24.5 Å². The van der Waals surface area contributed by atoms with E-state index in [0.717, 1.165) is 31.9 Å². The van der Waals surface area contributed by atoms with Gasteiger partial charge in [-0.05, 0) is 36.5 Å². The molecule has 1 aliphatic carbocycles. The van der Waals surface area contributed by atoms with E-state index < -0.39 is 15.4 Å². The Kier molecular flexibility index (Phi) is 6.92. The molecular formula is C24H29N3O5S. The highest BCUT2D eigenvalue weighted by atomic mass is 32.2. The summed E-state index contributed by atoms with van der Waals surface area (Å²) in [6.45, 7) is 0.925. The van der Waals surface area contributed by atoms with Gasteiger partial charge in [-0.2, -0.15) is 0 Å². The lowest BCUT2D eigenvalue weighted by Crippen LogP contribution is -2.34. The van der Waals surface area contributed by atoms with E-state index in [9.17, 15) is 18.3 Å². The van der Waals surface area contributed by atoms with E-state index in [0.29, 0.717) is 48.8 Å². The van der Waals surface area contributed by atoms with Crippen molar-refractivity contribution in [2.45, 2.75) is 49.0 Å². The number of ether oxygens (including phenoxy) is 1. The molecule has 1 aromatic carbocycles. The van der Waals surface area contributed by atoms with Crippen LogP contribution < -0.4 is 5.32 Å². The maximum atomic E-state index is 13.2. The van der Waals surface area contributed by atoms with E-state index in [4.69, 9.17) is 4.74 Å². The maximum Gasteiger partial charge on any atom is 0.257 e. The fraction of sp³-hybridized carbons (Fsp3) is 0.458. The zero-order valence-corrected chi connectivity index (χ0v) is 19.5. The molecule has 2 fully saturated rings. The highest BCUT2D eigenvalue weighted by Crippen LogP contribution is 2.31. The van der Waals surface area contributed by atoms with Crippen LogP contribution in [0.3, 0.4) is 0 Å². The molecule has 1 aromatic heterocycles. The fourth-order valence-electron chi connectivity index (χ4n) is 4.33. The number of sulfone groups is 1. The van der Waals surface area contributed by atoms with E-state index in [-0.39, 0.29) is 16.6 Å². The Morgan fingerprint density at radius 2 is 1.79 bits per heavy atom. The van der Waals surface area contributed by atoms with Crippen LogP contribution in [0.25, 0.3) is 5.57 Å². The van der Waals surface area contributed by atoms with E-state index >= 15 is 0 Å². The summed E-state index contributed by atoms with van der Waals surface area (Å²) in [5.74, 6) is 0.252. The minimum atomic E-state index is -3.32. The normalized spacial score (nSPS) is 19.4. The smallest absolute Gasteiger partial charge is 0.257 e. The second kappa shape index (κ2) is 9.70. The molecular weight excluding hydrogens is 442 g/mol. The van der Waals surface area contributed by atoms with Crippen LogP contribution in [0.15, 0.2) is 47.6 Å². The lowest BCUT2D eigenvalue weighted by atomic mass is 9.91. The minimum absolute atomic E-state index is 0.208. The molecule has 33 heavy (non-hydrogen) atoms. The topological polar surface area (TPSA) is 118 Å². The van der Waals surface area contributed by atoms with Gasteiger partial charge in [-0.3, -0.25) is 9.78 Å². The Labute approximate surface area is 194 Å². The van der Waals surface area contributed by atoms with Gasteiger partial charge in [0, 0.05) is 37.9 Å². The van der Waals surface area contributed by atoms with Gasteiger partial charge < -0.3 is 15.2 Å². The molecule has 8 nitrogen and oxygen atoms in total. The first kappa shape index (κ1) is 23.5. The summed E-state index contributed by atoms with van der Waals surface area (Å²) >= 11 is 0. The number of hydrogen-bond donors (Lipinski definition) is 2. The molecule has 0 spiro atoms. The summed E-state index contributed by atoms with van der Waals surface area (Å²) in [7, 11) is -3.32. The third-order valence-electron chi connectivity index (χ3n) is 6.33. The van der Waals surface area contributed by atoms with Crippen molar-refractivity contribution in [1.82, 2.24) is 9.97 Å². The molecule has 0 bridgehead atoms. The number of allylic oxidation sites excluding steroid dienone is 1. The Bertz CT molecular complexity index is 1120. The molecule has 1 amide bonds. The number of nitrogens with zero attached hydrogens (tertiary/aromatic N) is 2. The van der Waals surface area contributed by atoms with Crippen LogP contribution in [0.1, 0.15) is 49.8 Å². The van der Waals surface area contributed by atoms with Gasteiger partial charge in [-0.1, -0.05) is 31.1 Å². The Balaban J connectivity index is 1.55. The molecule has 2 N–H and O–H groups in total. The maximum absolute atomic E-state index is 13.2. The summed E-state index contributed by atoms with van der Waals surface area (Å²) in [6.07, 6.45) is 11.3. The van der Waals surface area contributed by atoms with E-state index in [2.05, 4.69) is 15.3 Å². The molecule has 0 atom stereocenters. The fourth-order valence-corrected chi connectivity index (χ4v) is 4.96. The monoisotopic (exact) mass is 471 g/mol. The highest BCUT2D eigenvalue weighted by molar-refractivity contribution is 7.90. The molecule has 1 saturated carbocycles. The lowest BCUT2D eigenvalue weighted by Gasteiger charge is -2.31. The van der Waals surface area contributed by atoms with Gasteiger partial charge in [0.05, 0.1) is 23.0 Å². The van der Waals surface area contributed by atoms with Crippen LogP contribution in [0.2, 0.25) is 0 Å².